The molecular formula is C46H48IrN2SSi-2. The zero-order valence-electron chi connectivity index (χ0n) is 36.5. The number of thiophene rings is 1. The van der Waals surface area contributed by atoms with E-state index in [1.54, 1.807) is 35.7 Å². The maximum absolute atomic E-state index is 8.63. The van der Waals surface area contributed by atoms with Crippen molar-refractivity contribution in [3.05, 3.63) is 138 Å². The summed E-state index contributed by atoms with van der Waals surface area (Å²) in [6.45, 7) is 14.3. The van der Waals surface area contributed by atoms with Crippen LogP contribution in [0.15, 0.2) is 109 Å². The third-order valence-electron chi connectivity index (χ3n) is 8.47. The van der Waals surface area contributed by atoms with Crippen LogP contribution in [0.2, 0.25) is 19.6 Å². The van der Waals surface area contributed by atoms with Crippen molar-refractivity contribution in [2.45, 2.75) is 73.4 Å². The number of aryl methyl sites for hydroxylation is 1. The molecule has 51 heavy (non-hydrogen) atoms. The quantitative estimate of drug-likeness (QED) is 0.123. The molecular weight excluding hydrogens is 833 g/mol. The Bertz CT molecular complexity index is 2420. The summed E-state index contributed by atoms with van der Waals surface area (Å²) in [5, 5.41) is 3.61. The van der Waals surface area contributed by atoms with E-state index in [-0.39, 0.29) is 20.1 Å². The maximum atomic E-state index is 8.63. The van der Waals surface area contributed by atoms with E-state index in [4.69, 9.17) is 8.22 Å². The fourth-order valence-corrected chi connectivity index (χ4v) is 7.83. The molecule has 7 aromatic rings. The zero-order valence-corrected chi connectivity index (χ0v) is 34.7. The molecule has 3 heterocycles. The van der Waals surface area contributed by atoms with Crippen molar-refractivity contribution in [2.24, 2.45) is 5.41 Å². The Hall–Kier alpha value is -3.73. The van der Waals surface area contributed by atoms with Crippen molar-refractivity contribution in [3.63, 3.8) is 0 Å². The summed E-state index contributed by atoms with van der Waals surface area (Å²) < 4.78 is 50.2. The molecule has 0 atom stereocenters. The molecule has 0 fully saturated rings. The second kappa shape index (κ2) is 15.9. The van der Waals surface area contributed by atoms with Gasteiger partial charge in [-0.15, -0.1) is 59.2 Å². The number of fused-ring (bicyclic) bond motifs is 3. The largest absolute Gasteiger partial charge is 0.305 e. The van der Waals surface area contributed by atoms with Gasteiger partial charge >= 0.3 is 0 Å². The first-order chi connectivity index (χ1) is 26.0. The Morgan fingerprint density at radius 2 is 1.53 bits per heavy atom. The SMILES string of the molecule is [2H]C(C)(C)c1c[c-]c(-c2ccc([Si](C)(C)C)cn2)cc1.[2H]C([2H])([2H])c1ccc(-c2ccc3c(c2)sc2c[c-]c(-c4cc(C([2H])([2H])C(C)(C)C)ccn4)cc23)cc1.[Ir]. The summed E-state index contributed by atoms with van der Waals surface area (Å²) in [5.41, 5.74) is 6.85. The summed E-state index contributed by atoms with van der Waals surface area (Å²) in [6.07, 6.45) is 2.17. The zero-order chi connectivity index (χ0) is 40.8. The average molecular weight is 887 g/mol. The van der Waals surface area contributed by atoms with Gasteiger partial charge in [-0.3, -0.25) is 0 Å². The molecule has 1 radical (unpaired) electrons. The van der Waals surface area contributed by atoms with Crippen molar-refractivity contribution in [1.82, 2.24) is 9.97 Å². The maximum Gasteiger partial charge on any atom is 0.0795 e. The molecule has 0 saturated carbocycles. The molecule has 0 unspecified atom stereocenters. The fraction of sp³-hybridized carbons (Fsp3) is 0.261. The van der Waals surface area contributed by atoms with Crippen LogP contribution < -0.4 is 5.19 Å². The predicted molar refractivity (Wildman–Crippen MR) is 220 cm³/mol. The van der Waals surface area contributed by atoms with E-state index in [9.17, 15) is 0 Å². The first kappa shape index (κ1) is 30.9. The van der Waals surface area contributed by atoms with Gasteiger partial charge in [-0.2, -0.15) is 11.3 Å². The molecule has 0 spiro atoms. The standard InChI is InChI=1S/C29H26NS.C17H22NSi.Ir/c1-19-5-7-21(8-6-19)22-9-11-24-25-16-23(10-12-27(25)31-28(24)17-22)26-15-20(13-14-30-26)18-29(2,3)4;1-13(2)14-6-8-15(9-7-14)17-11-10-16(12-18-17)19(3,4)5;/h5-9,11-17H,18H2,1-4H3;6-8,10-13H,1-5H3;/q2*-1;/i1D3,18D2;13D;. The first-order valence-electron chi connectivity index (χ1n) is 20.0. The molecule has 0 aliphatic carbocycles. The third-order valence-corrected chi connectivity index (χ3v) is 11.6. The van der Waals surface area contributed by atoms with Crippen LogP contribution >= 0.6 is 11.3 Å². The van der Waals surface area contributed by atoms with Crippen molar-refractivity contribution in [3.8, 4) is 33.6 Å². The molecule has 0 bridgehead atoms. The molecule has 2 nitrogen and oxygen atoms in total. The van der Waals surface area contributed by atoms with Gasteiger partial charge in [0.1, 0.15) is 0 Å². The van der Waals surface area contributed by atoms with Crippen LogP contribution in [0.3, 0.4) is 0 Å². The molecule has 263 valence electrons. The Kier molecular flexibility index (Phi) is 9.61. The van der Waals surface area contributed by atoms with E-state index in [0.717, 1.165) is 53.7 Å². The predicted octanol–water partition coefficient (Wildman–Crippen LogP) is 12.7. The number of aromatic nitrogens is 2. The molecule has 0 N–H and O–H groups in total. The number of hydrogen-bond donors (Lipinski definition) is 0. The first-order valence-corrected chi connectivity index (χ1v) is 21.3. The number of nitrogens with zero attached hydrogens (tertiary/aromatic N) is 2. The van der Waals surface area contributed by atoms with E-state index in [1.807, 2.05) is 83.3 Å². The van der Waals surface area contributed by atoms with E-state index in [0.29, 0.717) is 16.8 Å². The smallest absolute Gasteiger partial charge is 0.0795 e. The van der Waals surface area contributed by atoms with Gasteiger partial charge < -0.3 is 9.97 Å². The van der Waals surface area contributed by atoms with Crippen LogP contribution in [-0.4, -0.2) is 18.0 Å². The van der Waals surface area contributed by atoms with Crippen LogP contribution in [0.4, 0.5) is 0 Å². The van der Waals surface area contributed by atoms with Gasteiger partial charge in [0.15, 0.2) is 0 Å². The Balaban J connectivity index is 0.000000251. The van der Waals surface area contributed by atoms with E-state index < -0.39 is 32.6 Å². The molecule has 0 aliphatic rings. The van der Waals surface area contributed by atoms with Gasteiger partial charge in [0.2, 0.25) is 0 Å². The van der Waals surface area contributed by atoms with Gasteiger partial charge in [0.05, 0.1) is 8.07 Å². The summed E-state index contributed by atoms with van der Waals surface area (Å²) in [4.78, 5) is 9.08. The minimum absolute atomic E-state index is 0. The van der Waals surface area contributed by atoms with Gasteiger partial charge in [-0.05, 0) is 68.6 Å². The number of benzene rings is 4. The number of pyridine rings is 2. The molecule has 5 heteroatoms. The van der Waals surface area contributed by atoms with Crippen LogP contribution in [0.1, 0.15) is 65.4 Å². The van der Waals surface area contributed by atoms with E-state index in [2.05, 4.69) is 78.1 Å². The summed E-state index contributed by atoms with van der Waals surface area (Å²) in [6, 6.07) is 37.7. The second-order valence-corrected chi connectivity index (χ2v) is 21.2. The molecule has 0 saturated heterocycles. The van der Waals surface area contributed by atoms with E-state index in [1.165, 1.54) is 5.19 Å². The summed E-state index contributed by atoms with van der Waals surface area (Å²) >= 11 is 1.69. The van der Waals surface area contributed by atoms with Gasteiger partial charge in [0, 0.05) is 45.4 Å². The van der Waals surface area contributed by atoms with Gasteiger partial charge in [-0.1, -0.05) is 131 Å². The van der Waals surface area contributed by atoms with Crippen molar-refractivity contribution in [1.29, 1.82) is 0 Å². The van der Waals surface area contributed by atoms with Crippen molar-refractivity contribution in [2.75, 3.05) is 0 Å². The third kappa shape index (κ3) is 9.58. The van der Waals surface area contributed by atoms with Gasteiger partial charge in [-0.25, -0.2) is 0 Å². The molecule has 0 amide bonds. The molecule has 7 rings (SSSR count). The number of rotatable bonds is 6. The average Bonchev–Trinajstić information content (AvgIpc) is 3.51. The van der Waals surface area contributed by atoms with E-state index >= 15 is 0 Å². The minimum Gasteiger partial charge on any atom is -0.305 e. The molecule has 0 aliphatic heterocycles. The van der Waals surface area contributed by atoms with Gasteiger partial charge in [0.25, 0.3) is 0 Å². The summed E-state index contributed by atoms with van der Waals surface area (Å²) in [5.74, 6) is -0.579. The fourth-order valence-electron chi connectivity index (χ4n) is 5.69. The monoisotopic (exact) mass is 887 g/mol. The van der Waals surface area contributed by atoms with Crippen molar-refractivity contribution >= 4 is 44.8 Å². The number of hydrogen-bond acceptors (Lipinski definition) is 3. The Morgan fingerprint density at radius 3 is 2.16 bits per heavy atom. The summed E-state index contributed by atoms with van der Waals surface area (Å²) in [7, 11) is -1.29. The topological polar surface area (TPSA) is 25.8 Å². The Morgan fingerprint density at radius 1 is 0.784 bits per heavy atom. The van der Waals surface area contributed by atoms with Crippen LogP contribution in [0.25, 0.3) is 53.8 Å². The normalized spacial score (nSPS) is 14.2. The second-order valence-electron chi connectivity index (χ2n) is 15.0. The van der Waals surface area contributed by atoms with Crippen molar-refractivity contribution < 1.29 is 28.3 Å². The minimum atomic E-state index is -2.11. The van der Waals surface area contributed by atoms with Crippen LogP contribution in [0.5, 0.6) is 0 Å². The molecule has 4 aromatic carbocycles. The van der Waals surface area contributed by atoms with Crippen LogP contribution in [0, 0.1) is 24.4 Å². The Labute approximate surface area is 332 Å². The van der Waals surface area contributed by atoms with Crippen LogP contribution in [-0.2, 0) is 26.5 Å². The molecule has 3 aromatic heterocycles.